The van der Waals surface area contributed by atoms with E-state index in [4.69, 9.17) is 5.11 Å². The number of thiophene rings is 1. The van der Waals surface area contributed by atoms with Gasteiger partial charge >= 0.3 is 5.97 Å². The number of fused-ring (bicyclic) bond motifs is 1. The smallest absolute Gasteiger partial charge is 0.335 e. The molecule has 3 aromatic rings. The third kappa shape index (κ3) is 2.61. The highest BCUT2D eigenvalue weighted by Gasteiger charge is 2.14. The summed E-state index contributed by atoms with van der Waals surface area (Å²) >= 11 is 5.22. The third-order valence-corrected chi connectivity index (χ3v) is 5.29. The van der Waals surface area contributed by atoms with Gasteiger partial charge < -0.3 is 9.67 Å². The molecule has 0 saturated carbocycles. The number of aromatic nitrogens is 2. The van der Waals surface area contributed by atoms with Crippen LogP contribution < -0.4 is 0 Å². The highest BCUT2D eigenvalue weighted by atomic mass is 79.9. The van der Waals surface area contributed by atoms with E-state index in [1.807, 2.05) is 11.4 Å². The first kappa shape index (κ1) is 14.3. The molecular formula is C15H13BrN2O2S. The molecule has 0 spiro atoms. The molecule has 0 aliphatic heterocycles. The molecule has 0 saturated heterocycles. The Balaban J connectivity index is 2.16. The average Bonchev–Trinajstić information content (AvgIpc) is 3.03. The van der Waals surface area contributed by atoms with Crippen LogP contribution in [0.1, 0.15) is 28.0 Å². The van der Waals surface area contributed by atoms with Crippen molar-refractivity contribution in [2.24, 2.45) is 0 Å². The van der Waals surface area contributed by atoms with Crippen LogP contribution in [0.5, 0.6) is 0 Å². The van der Waals surface area contributed by atoms with Gasteiger partial charge in [-0.3, -0.25) is 0 Å². The summed E-state index contributed by atoms with van der Waals surface area (Å²) in [6.07, 6.45) is 0.806. The van der Waals surface area contributed by atoms with Crippen LogP contribution in [0.2, 0.25) is 0 Å². The lowest BCUT2D eigenvalue weighted by atomic mass is 10.2. The minimum Gasteiger partial charge on any atom is -0.478 e. The molecular weight excluding hydrogens is 352 g/mol. The summed E-state index contributed by atoms with van der Waals surface area (Å²) in [7, 11) is 0. The van der Waals surface area contributed by atoms with Crippen molar-refractivity contribution < 1.29 is 9.90 Å². The fourth-order valence-corrected chi connectivity index (χ4v) is 3.80. The molecule has 3 rings (SSSR count). The monoisotopic (exact) mass is 364 g/mol. The Morgan fingerprint density at radius 3 is 2.86 bits per heavy atom. The van der Waals surface area contributed by atoms with Gasteiger partial charge in [0, 0.05) is 15.8 Å². The zero-order valence-corrected chi connectivity index (χ0v) is 13.7. The second kappa shape index (κ2) is 5.61. The molecule has 2 heterocycles. The van der Waals surface area contributed by atoms with Crippen molar-refractivity contribution in [1.82, 2.24) is 9.55 Å². The summed E-state index contributed by atoms with van der Waals surface area (Å²) in [5.74, 6) is 0.0489. The van der Waals surface area contributed by atoms with E-state index in [1.54, 1.807) is 29.5 Å². The van der Waals surface area contributed by atoms with Crippen LogP contribution in [0.4, 0.5) is 0 Å². The fourth-order valence-electron chi connectivity index (χ4n) is 2.33. The van der Waals surface area contributed by atoms with Gasteiger partial charge in [-0.15, -0.1) is 11.3 Å². The van der Waals surface area contributed by atoms with Crippen LogP contribution in [0.25, 0.3) is 11.0 Å². The molecule has 1 N–H and O–H groups in total. The Morgan fingerprint density at radius 2 is 2.24 bits per heavy atom. The van der Waals surface area contributed by atoms with Crippen molar-refractivity contribution in [1.29, 1.82) is 0 Å². The minimum atomic E-state index is -0.917. The topological polar surface area (TPSA) is 55.1 Å². The van der Waals surface area contributed by atoms with Gasteiger partial charge in [0.25, 0.3) is 0 Å². The van der Waals surface area contributed by atoms with E-state index >= 15 is 0 Å². The zero-order valence-electron chi connectivity index (χ0n) is 11.3. The Hall–Kier alpha value is -1.66. The fraction of sp³-hybridized carbons (Fsp3) is 0.200. The molecule has 0 aliphatic carbocycles. The Bertz CT molecular complexity index is 822. The number of benzene rings is 1. The van der Waals surface area contributed by atoms with Gasteiger partial charge in [-0.1, -0.05) is 6.92 Å². The molecule has 4 nitrogen and oxygen atoms in total. The van der Waals surface area contributed by atoms with Gasteiger partial charge in [-0.2, -0.15) is 0 Å². The van der Waals surface area contributed by atoms with E-state index in [-0.39, 0.29) is 5.56 Å². The lowest BCUT2D eigenvalue weighted by Crippen LogP contribution is -2.04. The summed E-state index contributed by atoms with van der Waals surface area (Å²) < 4.78 is 3.17. The molecule has 0 amide bonds. The van der Waals surface area contributed by atoms with Gasteiger partial charge in [0.05, 0.1) is 23.1 Å². The molecule has 1 aromatic carbocycles. The maximum absolute atomic E-state index is 11.2. The molecule has 0 radical (unpaired) electrons. The van der Waals surface area contributed by atoms with Crippen LogP contribution in [0, 0.1) is 0 Å². The molecule has 0 unspecified atom stereocenters. The van der Waals surface area contributed by atoms with Gasteiger partial charge in [0.15, 0.2) is 0 Å². The normalized spacial score (nSPS) is 11.1. The summed E-state index contributed by atoms with van der Waals surface area (Å²) in [6.45, 7) is 2.75. The van der Waals surface area contributed by atoms with Gasteiger partial charge in [0.1, 0.15) is 5.82 Å². The number of nitrogens with zero attached hydrogens (tertiary/aromatic N) is 2. The number of carboxylic acids is 1. The SMILES string of the molecule is CCc1nc2ccc(C(=O)O)cc2n1Cc1sccc1Br. The molecule has 21 heavy (non-hydrogen) atoms. The largest absolute Gasteiger partial charge is 0.478 e. The van der Waals surface area contributed by atoms with Crippen molar-refractivity contribution in [3.05, 3.63) is 50.4 Å². The number of hydrogen-bond acceptors (Lipinski definition) is 3. The quantitative estimate of drug-likeness (QED) is 0.755. The van der Waals surface area contributed by atoms with E-state index < -0.39 is 5.97 Å². The number of imidazole rings is 1. The van der Waals surface area contributed by atoms with E-state index in [1.165, 1.54) is 4.88 Å². The van der Waals surface area contributed by atoms with Crippen LogP contribution in [-0.2, 0) is 13.0 Å². The first-order valence-corrected chi connectivity index (χ1v) is 8.21. The number of halogens is 1. The minimum absolute atomic E-state index is 0.288. The molecule has 6 heteroatoms. The molecule has 108 valence electrons. The summed E-state index contributed by atoms with van der Waals surface area (Å²) in [6, 6.07) is 7.10. The predicted octanol–water partition coefficient (Wildman–Crippen LogP) is 4.17. The second-order valence-electron chi connectivity index (χ2n) is 4.67. The van der Waals surface area contributed by atoms with Crippen LogP contribution in [0.15, 0.2) is 34.1 Å². The molecule has 0 atom stereocenters. The van der Waals surface area contributed by atoms with Crippen LogP contribution in [0.3, 0.4) is 0 Å². The van der Waals surface area contributed by atoms with Crippen molar-refractivity contribution in [2.45, 2.75) is 19.9 Å². The van der Waals surface area contributed by atoms with E-state index in [0.717, 1.165) is 27.8 Å². The number of rotatable bonds is 4. The maximum atomic E-state index is 11.2. The summed E-state index contributed by atoms with van der Waals surface area (Å²) in [5.41, 5.74) is 1.99. The number of carboxylic acid groups (broad SMARTS) is 1. The Morgan fingerprint density at radius 1 is 1.43 bits per heavy atom. The Kier molecular flexibility index (Phi) is 3.82. The van der Waals surface area contributed by atoms with Gasteiger partial charge in [-0.25, -0.2) is 9.78 Å². The summed E-state index contributed by atoms with van der Waals surface area (Å²) in [5, 5.41) is 11.2. The van der Waals surface area contributed by atoms with Crippen molar-refractivity contribution in [3.8, 4) is 0 Å². The van der Waals surface area contributed by atoms with E-state index in [9.17, 15) is 4.79 Å². The number of aromatic carboxylic acids is 1. The second-order valence-corrected chi connectivity index (χ2v) is 6.52. The number of hydrogen-bond donors (Lipinski definition) is 1. The predicted molar refractivity (Wildman–Crippen MR) is 87.2 cm³/mol. The molecule has 0 fully saturated rings. The molecule has 0 aliphatic rings. The van der Waals surface area contributed by atoms with Crippen molar-refractivity contribution in [3.63, 3.8) is 0 Å². The number of aryl methyl sites for hydroxylation is 1. The number of carbonyl (C=O) groups is 1. The highest BCUT2D eigenvalue weighted by molar-refractivity contribution is 9.10. The molecule has 2 aromatic heterocycles. The third-order valence-electron chi connectivity index (χ3n) is 3.38. The lowest BCUT2D eigenvalue weighted by Gasteiger charge is -2.07. The van der Waals surface area contributed by atoms with Crippen LogP contribution in [-0.4, -0.2) is 20.6 Å². The van der Waals surface area contributed by atoms with Gasteiger partial charge in [0.2, 0.25) is 0 Å². The Labute approximate surface area is 134 Å². The first-order chi connectivity index (χ1) is 10.1. The maximum Gasteiger partial charge on any atom is 0.335 e. The standard InChI is InChI=1S/C15H13BrN2O2S/c1-2-14-17-11-4-3-9(15(19)20)7-12(11)18(14)8-13-10(16)5-6-21-13/h3-7H,2,8H2,1H3,(H,19,20). The zero-order chi connectivity index (χ0) is 15.0. The van der Waals surface area contributed by atoms with Gasteiger partial charge in [-0.05, 0) is 45.6 Å². The molecule has 0 bridgehead atoms. The first-order valence-electron chi connectivity index (χ1n) is 6.54. The van der Waals surface area contributed by atoms with E-state index in [2.05, 4.69) is 32.4 Å². The summed E-state index contributed by atoms with van der Waals surface area (Å²) in [4.78, 5) is 17.0. The van der Waals surface area contributed by atoms with Crippen LogP contribution >= 0.6 is 27.3 Å². The highest BCUT2D eigenvalue weighted by Crippen LogP contribution is 2.27. The lowest BCUT2D eigenvalue weighted by molar-refractivity contribution is 0.0697. The van der Waals surface area contributed by atoms with Crippen molar-refractivity contribution in [2.75, 3.05) is 0 Å². The van der Waals surface area contributed by atoms with Crippen molar-refractivity contribution >= 4 is 44.3 Å². The average molecular weight is 365 g/mol. The van der Waals surface area contributed by atoms with E-state index in [0.29, 0.717) is 6.54 Å².